The third-order valence-electron chi connectivity index (χ3n) is 3.53. The van der Waals surface area contributed by atoms with Crippen LogP contribution in [0.25, 0.3) is 0 Å². The third-order valence-corrected chi connectivity index (χ3v) is 3.53. The van der Waals surface area contributed by atoms with E-state index in [1.165, 1.54) is 24.0 Å². The van der Waals surface area contributed by atoms with Gasteiger partial charge in [0.15, 0.2) is 0 Å². The molecule has 2 aromatic rings. The zero-order valence-electron chi connectivity index (χ0n) is 10.3. The number of carbonyl (C=O) groups is 1. The minimum absolute atomic E-state index is 0.113. The second-order valence-corrected chi connectivity index (χ2v) is 4.65. The number of aromatic nitrogens is 1. The van der Waals surface area contributed by atoms with Crippen LogP contribution in [0.1, 0.15) is 33.8 Å². The smallest absolute Gasteiger partial charge is 0.339 e. The maximum absolute atomic E-state index is 12.0. The Kier molecular flexibility index (Phi) is 2.74. The number of aryl methyl sites for hydroxylation is 1. The number of nitrogens with zero attached hydrogens (tertiary/aromatic N) is 1. The van der Waals surface area contributed by atoms with Crippen LogP contribution >= 0.6 is 0 Å². The molecule has 0 unspecified atom stereocenters. The Bertz CT molecular complexity index is 696. The lowest BCUT2D eigenvalue weighted by Gasteiger charge is -2.10. The summed E-state index contributed by atoms with van der Waals surface area (Å²) in [5.41, 5.74) is 2.17. The normalized spacial score (nSPS) is 13.5. The minimum Gasteiger partial charge on any atom is -0.478 e. The highest BCUT2D eigenvalue weighted by Crippen LogP contribution is 2.21. The highest BCUT2D eigenvalue weighted by molar-refractivity contribution is 5.88. The molecule has 0 fully saturated rings. The van der Waals surface area contributed by atoms with Crippen LogP contribution in [0.5, 0.6) is 0 Å². The van der Waals surface area contributed by atoms with Gasteiger partial charge in [-0.3, -0.25) is 4.79 Å². The molecule has 5 heteroatoms. The molecule has 98 valence electrons. The molecule has 0 aliphatic heterocycles. The third kappa shape index (κ3) is 1.97. The molecule has 0 atom stereocenters. The number of pyridine rings is 1. The fourth-order valence-electron chi connectivity index (χ4n) is 2.60. The van der Waals surface area contributed by atoms with Gasteiger partial charge in [-0.15, -0.1) is 0 Å². The monoisotopic (exact) mass is 259 g/mol. The molecule has 0 aromatic carbocycles. The van der Waals surface area contributed by atoms with E-state index in [1.807, 2.05) is 6.07 Å². The quantitative estimate of drug-likeness (QED) is 0.910. The Labute approximate surface area is 109 Å². The Morgan fingerprint density at radius 1 is 1.32 bits per heavy atom. The lowest BCUT2D eigenvalue weighted by Crippen LogP contribution is -2.23. The Morgan fingerprint density at radius 3 is 2.95 bits per heavy atom. The van der Waals surface area contributed by atoms with E-state index in [-0.39, 0.29) is 17.7 Å². The zero-order chi connectivity index (χ0) is 13.4. The van der Waals surface area contributed by atoms with Crippen LogP contribution in [0, 0.1) is 0 Å². The molecule has 1 aliphatic carbocycles. The highest BCUT2D eigenvalue weighted by Gasteiger charge is 2.19. The molecule has 5 nitrogen and oxygen atoms in total. The number of rotatable bonds is 3. The number of aromatic carboxylic acids is 1. The van der Waals surface area contributed by atoms with E-state index in [0.29, 0.717) is 5.76 Å². The van der Waals surface area contributed by atoms with Crippen molar-refractivity contribution in [2.24, 2.45) is 0 Å². The van der Waals surface area contributed by atoms with E-state index < -0.39 is 5.97 Å². The summed E-state index contributed by atoms with van der Waals surface area (Å²) in [5, 5.41) is 9.05. The molecule has 2 heterocycles. The first-order valence-electron chi connectivity index (χ1n) is 6.18. The van der Waals surface area contributed by atoms with Gasteiger partial charge in [0, 0.05) is 11.8 Å². The van der Waals surface area contributed by atoms with Crippen molar-refractivity contribution in [1.29, 1.82) is 0 Å². The lowest BCUT2D eigenvalue weighted by molar-refractivity contribution is 0.0694. The molecule has 1 aliphatic rings. The first kappa shape index (κ1) is 11.8. The summed E-state index contributed by atoms with van der Waals surface area (Å²) in [7, 11) is 0. The molecular weight excluding hydrogens is 246 g/mol. The van der Waals surface area contributed by atoms with E-state index >= 15 is 0 Å². The van der Waals surface area contributed by atoms with Gasteiger partial charge in [0.2, 0.25) is 0 Å². The number of fused-ring (bicyclic) bond motifs is 1. The maximum atomic E-state index is 12.0. The summed E-state index contributed by atoms with van der Waals surface area (Å²) in [6, 6.07) is 4.81. The SMILES string of the molecule is O=C(O)c1ccoc1Cn1c2c(ccc1=O)CCC2. The van der Waals surface area contributed by atoms with Crippen molar-refractivity contribution in [3.05, 3.63) is 57.4 Å². The molecule has 0 bridgehead atoms. The summed E-state index contributed by atoms with van der Waals surface area (Å²) < 4.78 is 6.82. The van der Waals surface area contributed by atoms with E-state index in [9.17, 15) is 9.59 Å². The van der Waals surface area contributed by atoms with Crippen LogP contribution in [-0.2, 0) is 19.4 Å². The molecule has 2 aromatic heterocycles. The van der Waals surface area contributed by atoms with Crippen LogP contribution in [-0.4, -0.2) is 15.6 Å². The van der Waals surface area contributed by atoms with Crippen LogP contribution in [0.4, 0.5) is 0 Å². The summed E-state index contributed by atoms with van der Waals surface area (Å²) in [6.07, 6.45) is 4.20. The van der Waals surface area contributed by atoms with Gasteiger partial charge in [-0.25, -0.2) is 4.79 Å². The largest absolute Gasteiger partial charge is 0.478 e. The second kappa shape index (κ2) is 4.42. The molecule has 0 amide bonds. The number of furan rings is 1. The first-order valence-corrected chi connectivity index (χ1v) is 6.18. The highest BCUT2D eigenvalue weighted by atomic mass is 16.4. The van der Waals surface area contributed by atoms with Crippen LogP contribution in [0.3, 0.4) is 0 Å². The van der Waals surface area contributed by atoms with Gasteiger partial charge in [-0.1, -0.05) is 6.07 Å². The van der Waals surface area contributed by atoms with Crippen LogP contribution in [0.2, 0.25) is 0 Å². The van der Waals surface area contributed by atoms with E-state index in [4.69, 9.17) is 9.52 Å². The van der Waals surface area contributed by atoms with Gasteiger partial charge < -0.3 is 14.1 Å². The van der Waals surface area contributed by atoms with Crippen molar-refractivity contribution in [1.82, 2.24) is 4.57 Å². The van der Waals surface area contributed by atoms with E-state index in [1.54, 1.807) is 4.57 Å². The van der Waals surface area contributed by atoms with Gasteiger partial charge >= 0.3 is 5.97 Å². The van der Waals surface area contributed by atoms with Gasteiger partial charge in [-0.2, -0.15) is 0 Å². The number of carboxylic acids is 1. The molecule has 1 N–H and O–H groups in total. The fraction of sp³-hybridized carbons (Fsp3) is 0.286. The molecule has 0 saturated heterocycles. The lowest BCUT2D eigenvalue weighted by atomic mass is 10.2. The average Bonchev–Trinajstić information content (AvgIpc) is 3.01. The topological polar surface area (TPSA) is 72.4 Å². The average molecular weight is 259 g/mol. The van der Waals surface area contributed by atoms with E-state index in [2.05, 4.69) is 0 Å². The summed E-state index contributed by atoms with van der Waals surface area (Å²) >= 11 is 0. The van der Waals surface area contributed by atoms with Crippen molar-refractivity contribution in [3.63, 3.8) is 0 Å². The molecule has 0 radical (unpaired) electrons. The van der Waals surface area contributed by atoms with Gasteiger partial charge in [-0.05, 0) is 30.9 Å². The van der Waals surface area contributed by atoms with Gasteiger partial charge in [0.05, 0.1) is 12.8 Å². The Balaban J connectivity index is 2.05. The van der Waals surface area contributed by atoms with Gasteiger partial charge in [0.25, 0.3) is 5.56 Å². The predicted molar refractivity (Wildman–Crippen MR) is 67.5 cm³/mol. The maximum Gasteiger partial charge on any atom is 0.339 e. The molecule has 19 heavy (non-hydrogen) atoms. The molecule has 0 saturated carbocycles. The Morgan fingerprint density at radius 2 is 2.16 bits per heavy atom. The number of hydrogen-bond acceptors (Lipinski definition) is 3. The van der Waals surface area contributed by atoms with Gasteiger partial charge in [0.1, 0.15) is 11.3 Å². The predicted octanol–water partition coefficient (Wildman–Crippen LogP) is 1.68. The second-order valence-electron chi connectivity index (χ2n) is 4.65. The van der Waals surface area contributed by atoms with Crippen LogP contribution < -0.4 is 5.56 Å². The zero-order valence-corrected chi connectivity index (χ0v) is 10.3. The van der Waals surface area contributed by atoms with Crippen molar-refractivity contribution >= 4 is 5.97 Å². The molecular formula is C14H13NO4. The summed E-state index contributed by atoms with van der Waals surface area (Å²) in [6.45, 7) is 0.177. The standard InChI is InChI=1S/C14H13NO4/c16-13-5-4-9-2-1-3-11(9)15(13)8-12-10(14(17)18)6-7-19-12/h4-7H,1-3,8H2,(H,17,18). The number of carboxylic acid groups (broad SMARTS) is 1. The first-order chi connectivity index (χ1) is 9.16. The molecule has 0 spiro atoms. The van der Waals surface area contributed by atoms with Crippen molar-refractivity contribution in [3.8, 4) is 0 Å². The van der Waals surface area contributed by atoms with E-state index in [0.717, 1.165) is 25.0 Å². The van der Waals surface area contributed by atoms with Crippen molar-refractivity contribution in [2.45, 2.75) is 25.8 Å². The summed E-state index contributed by atoms with van der Waals surface area (Å²) in [5.74, 6) is -0.723. The summed E-state index contributed by atoms with van der Waals surface area (Å²) in [4.78, 5) is 23.0. The van der Waals surface area contributed by atoms with Crippen LogP contribution in [0.15, 0.2) is 33.7 Å². The molecule has 3 rings (SSSR count). The van der Waals surface area contributed by atoms with Crippen molar-refractivity contribution in [2.75, 3.05) is 0 Å². The Hall–Kier alpha value is -2.30. The number of hydrogen-bond donors (Lipinski definition) is 1. The minimum atomic E-state index is -1.04. The fourth-order valence-corrected chi connectivity index (χ4v) is 2.60. The van der Waals surface area contributed by atoms with Crippen molar-refractivity contribution < 1.29 is 14.3 Å².